The van der Waals surface area contributed by atoms with E-state index >= 15 is 0 Å². The van der Waals surface area contributed by atoms with Crippen LogP contribution in [0.3, 0.4) is 0 Å². The Labute approximate surface area is 151 Å². The second-order valence-corrected chi connectivity index (χ2v) is 7.12. The zero-order valence-corrected chi connectivity index (χ0v) is 15.2. The standard InChI is InChI=1S/C20H34O5/c21-14-10-6-2-1-3-7-11-16-17(19(23)15-18(16)22)12-8-4-5-9-13-20(24)25/h7,11,16-18,21-22H,1-6,8-10,12-15H2,(H,24,25)/t16-,17-,18-/m1/s1. The van der Waals surface area contributed by atoms with Gasteiger partial charge in [-0.1, -0.05) is 44.3 Å². The van der Waals surface area contributed by atoms with Gasteiger partial charge in [-0.05, 0) is 32.1 Å². The van der Waals surface area contributed by atoms with Gasteiger partial charge in [0.15, 0.2) is 0 Å². The summed E-state index contributed by atoms with van der Waals surface area (Å²) >= 11 is 0. The molecule has 5 nitrogen and oxygen atoms in total. The number of unbranched alkanes of at least 4 members (excludes halogenated alkanes) is 7. The van der Waals surface area contributed by atoms with Crippen molar-refractivity contribution < 1.29 is 24.9 Å². The van der Waals surface area contributed by atoms with E-state index in [-0.39, 0.29) is 37.1 Å². The van der Waals surface area contributed by atoms with E-state index in [4.69, 9.17) is 10.2 Å². The van der Waals surface area contributed by atoms with E-state index < -0.39 is 12.1 Å². The van der Waals surface area contributed by atoms with Crippen LogP contribution in [0, 0.1) is 11.8 Å². The molecule has 5 heteroatoms. The lowest BCUT2D eigenvalue weighted by molar-refractivity contribution is -0.137. The molecule has 25 heavy (non-hydrogen) atoms. The molecule has 0 heterocycles. The molecule has 3 N–H and O–H groups in total. The summed E-state index contributed by atoms with van der Waals surface area (Å²) in [6.45, 7) is 0.254. The van der Waals surface area contributed by atoms with Crippen molar-refractivity contribution in [3.8, 4) is 0 Å². The summed E-state index contributed by atoms with van der Waals surface area (Å²) in [5, 5.41) is 27.5. The van der Waals surface area contributed by atoms with Crippen molar-refractivity contribution in [2.45, 2.75) is 83.2 Å². The molecule has 0 aliphatic heterocycles. The van der Waals surface area contributed by atoms with Gasteiger partial charge in [0.25, 0.3) is 0 Å². The van der Waals surface area contributed by atoms with Gasteiger partial charge < -0.3 is 15.3 Å². The van der Waals surface area contributed by atoms with Crippen LogP contribution < -0.4 is 0 Å². The Kier molecular flexibility index (Phi) is 11.4. The third-order valence-corrected chi connectivity index (χ3v) is 5.03. The highest BCUT2D eigenvalue weighted by Crippen LogP contribution is 2.34. The molecule has 0 saturated heterocycles. The van der Waals surface area contributed by atoms with Crippen molar-refractivity contribution in [1.82, 2.24) is 0 Å². The molecule has 1 rings (SSSR count). The number of hydrogen-bond donors (Lipinski definition) is 3. The minimum absolute atomic E-state index is 0.0658. The maximum Gasteiger partial charge on any atom is 0.303 e. The number of aliphatic hydroxyl groups is 2. The van der Waals surface area contributed by atoms with Crippen LogP contribution in [0.15, 0.2) is 12.2 Å². The van der Waals surface area contributed by atoms with Crippen LogP contribution in [0.25, 0.3) is 0 Å². The molecular weight excluding hydrogens is 320 g/mol. The number of carbonyl (C=O) groups is 2. The highest BCUT2D eigenvalue weighted by atomic mass is 16.4. The molecule has 0 amide bonds. The SMILES string of the molecule is O=C(O)CCCCCC[C@H]1C(=O)C[C@@H](O)[C@@H]1C=CCCCCCCO. The summed E-state index contributed by atoms with van der Waals surface area (Å²) in [5.74, 6) is -0.740. The lowest BCUT2D eigenvalue weighted by Gasteiger charge is -2.17. The lowest BCUT2D eigenvalue weighted by Crippen LogP contribution is -2.18. The Morgan fingerprint density at radius 1 is 1.04 bits per heavy atom. The summed E-state index contributed by atoms with van der Waals surface area (Å²) in [6, 6.07) is 0. The first-order valence-electron chi connectivity index (χ1n) is 9.76. The van der Waals surface area contributed by atoms with Crippen LogP contribution in [0.1, 0.15) is 77.0 Å². The summed E-state index contributed by atoms with van der Waals surface area (Å²) in [4.78, 5) is 22.6. The maximum absolute atomic E-state index is 12.1. The van der Waals surface area contributed by atoms with Crippen LogP contribution >= 0.6 is 0 Å². The summed E-state index contributed by atoms with van der Waals surface area (Å²) < 4.78 is 0. The maximum atomic E-state index is 12.1. The van der Waals surface area contributed by atoms with Gasteiger partial charge in [0.1, 0.15) is 5.78 Å². The number of hydrogen-bond acceptors (Lipinski definition) is 4. The first-order valence-corrected chi connectivity index (χ1v) is 9.76. The second-order valence-electron chi connectivity index (χ2n) is 7.12. The molecular formula is C20H34O5. The number of carbonyl (C=O) groups excluding carboxylic acids is 1. The highest BCUT2D eigenvalue weighted by molar-refractivity contribution is 5.84. The fourth-order valence-corrected chi connectivity index (χ4v) is 3.57. The van der Waals surface area contributed by atoms with Crippen LogP contribution in [-0.2, 0) is 9.59 Å². The number of ketones is 1. The molecule has 0 unspecified atom stereocenters. The molecule has 0 radical (unpaired) electrons. The first kappa shape index (κ1) is 21.8. The Bertz CT molecular complexity index is 418. The molecule has 3 atom stereocenters. The van der Waals surface area contributed by atoms with Crippen molar-refractivity contribution in [3.63, 3.8) is 0 Å². The topological polar surface area (TPSA) is 94.8 Å². The fourth-order valence-electron chi connectivity index (χ4n) is 3.57. The summed E-state index contributed by atoms with van der Waals surface area (Å²) in [5.41, 5.74) is 0. The van der Waals surface area contributed by atoms with Crippen LogP contribution in [0.2, 0.25) is 0 Å². The van der Waals surface area contributed by atoms with Crippen LogP contribution in [0.5, 0.6) is 0 Å². The molecule has 144 valence electrons. The second kappa shape index (κ2) is 13.1. The van der Waals surface area contributed by atoms with E-state index in [1.807, 2.05) is 6.08 Å². The fraction of sp³-hybridized carbons (Fsp3) is 0.800. The molecule has 1 aliphatic rings. The van der Waals surface area contributed by atoms with E-state index in [0.717, 1.165) is 57.8 Å². The average molecular weight is 354 g/mol. The number of Topliss-reactive ketones (excluding diaryl/α,β-unsaturated/α-hetero) is 1. The molecule has 0 aromatic carbocycles. The predicted molar refractivity (Wildman–Crippen MR) is 97.3 cm³/mol. The largest absolute Gasteiger partial charge is 0.481 e. The normalized spacial score (nSPS) is 23.6. The van der Waals surface area contributed by atoms with Crippen molar-refractivity contribution in [3.05, 3.63) is 12.2 Å². The van der Waals surface area contributed by atoms with Gasteiger partial charge in [-0.2, -0.15) is 0 Å². The third kappa shape index (κ3) is 9.17. The number of rotatable bonds is 14. The highest BCUT2D eigenvalue weighted by Gasteiger charge is 2.39. The van der Waals surface area contributed by atoms with E-state index in [0.29, 0.717) is 6.42 Å². The minimum atomic E-state index is -0.754. The molecule has 0 aromatic heterocycles. The number of aliphatic carboxylic acids is 1. The summed E-state index contributed by atoms with van der Waals surface area (Å²) in [6.07, 6.45) is 13.2. The average Bonchev–Trinajstić information content (AvgIpc) is 2.83. The Hall–Kier alpha value is -1.20. The Balaban J connectivity index is 2.27. The van der Waals surface area contributed by atoms with E-state index in [1.54, 1.807) is 0 Å². The monoisotopic (exact) mass is 354 g/mol. The Morgan fingerprint density at radius 3 is 2.44 bits per heavy atom. The summed E-state index contributed by atoms with van der Waals surface area (Å²) in [7, 11) is 0. The number of aliphatic hydroxyl groups excluding tert-OH is 2. The van der Waals surface area contributed by atoms with Gasteiger partial charge in [-0.3, -0.25) is 9.59 Å². The Morgan fingerprint density at radius 2 is 1.72 bits per heavy atom. The van der Waals surface area contributed by atoms with E-state index in [2.05, 4.69) is 6.08 Å². The minimum Gasteiger partial charge on any atom is -0.481 e. The zero-order chi connectivity index (χ0) is 18.5. The van der Waals surface area contributed by atoms with Gasteiger partial charge in [-0.15, -0.1) is 0 Å². The number of allylic oxidation sites excluding steroid dienone is 1. The first-order chi connectivity index (χ1) is 12.1. The van der Waals surface area contributed by atoms with Crippen molar-refractivity contribution in [2.75, 3.05) is 6.61 Å². The molecule has 1 aliphatic carbocycles. The lowest BCUT2D eigenvalue weighted by atomic mass is 9.88. The van der Waals surface area contributed by atoms with Crippen molar-refractivity contribution >= 4 is 11.8 Å². The third-order valence-electron chi connectivity index (χ3n) is 5.03. The van der Waals surface area contributed by atoms with E-state index in [1.165, 1.54) is 0 Å². The molecule has 1 saturated carbocycles. The van der Waals surface area contributed by atoms with Gasteiger partial charge in [0.2, 0.25) is 0 Å². The molecule has 0 aromatic rings. The van der Waals surface area contributed by atoms with E-state index in [9.17, 15) is 14.7 Å². The van der Waals surface area contributed by atoms with Crippen molar-refractivity contribution in [2.24, 2.45) is 11.8 Å². The number of carboxylic acid groups (broad SMARTS) is 1. The van der Waals surface area contributed by atoms with Gasteiger partial charge in [-0.25, -0.2) is 0 Å². The quantitative estimate of drug-likeness (QED) is 0.328. The predicted octanol–water partition coefficient (Wildman–Crippen LogP) is 3.48. The van der Waals surface area contributed by atoms with Crippen LogP contribution in [0.4, 0.5) is 0 Å². The van der Waals surface area contributed by atoms with Gasteiger partial charge in [0, 0.05) is 31.3 Å². The zero-order valence-electron chi connectivity index (χ0n) is 15.2. The molecule has 1 fully saturated rings. The van der Waals surface area contributed by atoms with Gasteiger partial charge in [0.05, 0.1) is 6.10 Å². The van der Waals surface area contributed by atoms with Crippen LogP contribution in [-0.4, -0.2) is 39.8 Å². The molecule has 0 bridgehead atoms. The number of carboxylic acids is 1. The smallest absolute Gasteiger partial charge is 0.303 e. The molecule has 0 spiro atoms. The van der Waals surface area contributed by atoms with Gasteiger partial charge >= 0.3 is 5.97 Å². The van der Waals surface area contributed by atoms with Crippen molar-refractivity contribution in [1.29, 1.82) is 0 Å².